The van der Waals surface area contributed by atoms with Crippen molar-refractivity contribution < 1.29 is 27.8 Å². The van der Waals surface area contributed by atoms with E-state index in [9.17, 15) is 18.4 Å². The number of hydrazine groups is 1. The van der Waals surface area contributed by atoms with E-state index in [1.165, 1.54) is 49.5 Å². The molecule has 3 aromatic rings. The Balaban J connectivity index is 1.45. The molecule has 3 N–H and O–H groups in total. The highest BCUT2D eigenvalue weighted by Crippen LogP contribution is 2.22. The van der Waals surface area contributed by atoms with E-state index in [0.29, 0.717) is 5.56 Å². The van der Waals surface area contributed by atoms with E-state index >= 15 is 0 Å². The summed E-state index contributed by atoms with van der Waals surface area (Å²) >= 11 is 0. The molecule has 0 saturated carbocycles. The Labute approximate surface area is 182 Å². The van der Waals surface area contributed by atoms with E-state index in [2.05, 4.69) is 21.2 Å². The summed E-state index contributed by atoms with van der Waals surface area (Å²) in [7, 11) is 0. The number of benzene rings is 2. The van der Waals surface area contributed by atoms with Crippen LogP contribution >= 0.6 is 0 Å². The van der Waals surface area contributed by atoms with Gasteiger partial charge in [-0.15, -0.1) is 0 Å². The van der Waals surface area contributed by atoms with Crippen molar-refractivity contribution >= 4 is 11.9 Å². The fourth-order valence-electron chi connectivity index (χ4n) is 2.49. The van der Waals surface area contributed by atoms with Gasteiger partial charge in [-0.2, -0.15) is 0 Å². The lowest BCUT2D eigenvalue weighted by atomic mass is 10.2. The average Bonchev–Trinajstić information content (AvgIpc) is 2.79. The zero-order valence-corrected chi connectivity index (χ0v) is 17.0. The molecule has 0 bridgehead atoms. The van der Waals surface area contributed by atoms with Gasteiger partial charge in [-0.25, -0.2) is 24.0 Å². The Morgan fingerprint density at radius 3 is 2.31 bits per heavy atom. The molecule has 0 aliphatic carbocycles. The number of para-hydroxylation sites is 2. The molecule has 1 atom stereocenters. The number of carbonyl (C=O) groups excluding carboxylic acids is 2. The summed E-state index contributed by atoms with van der Waals surface area (Å²) in [5, 5.41) is 2.53. The molecule has 1 aromatic heterocycles. The Morgan fingerprint density at radius 1 is 0.969 bits per heavy atom. The van der Waals surface area contributed by atoms with Crippen LogP contribution in [0.3, 0.4) is 0 Å². The molecule has 0 spiro atoms. The summed E-state index contributed by atoms with van der Waals surface area (Å²) in [5.41, 5.74) is 4.99. The standard InChI is InChI=1S/C22H20F2N4O4/c1-14(31-18-8-4-2-6-16(18)23)21(29)27-28-22(30)26-13-15-10-11-25-20(12-15)32-19-9-5-3-7-17(19)24/h2-12,14H,13H2,1H3,(H,27,29)(H2,26,28,30). The predicted molar refractivity (Wildman–Crippen MR) is 111 cm³/mol. The Morgan fingerprint density at radius 2 is 1.62 bits per heavy atom. The number of nitrogens with zero attached hydrogens (tertiary/aromatic N) is 1. The third kappa shape index (κ3) is 6.39. The molecule has 1 heterocycles. The van der Waals surface area contributed by atoms with Crippen molar-refractivity contribution in [2.45, 2.75) is 19.6 Å². The molecule has 0 aliphatic rings. The highest BCUT2D eigenvalue weighted by molar-refractivity contribution is 5.84. The number of halogens is 2. The van der Waals surface area contributed by atoms with Crippen LogP contribution < -0.4 is 25.6 Å². The van der Waals surface area contributed by atoms with Gasteiger partial charge in [0.25, 0.3) is 5.91 Å². The van der Waals surface area contributed by atoms with Gasteiger partial charge < -0.3 is 14.8 Å². The van der Waals surface area contributed by atoms with Gasteiger partial charge in [0.1, 0.15) is 0 Å². The molecule has 166 valence electrons. The minimum absolute atomic E-state index is 0.0253. The fraction of sp³-hybridized carbons (Fsp3) is 0.136. The number of urea groups is 1. The molecule has 1 unspecified atom stereocenters. The summed E-state index contributed by atoms with van der Waals surface area (Å²) in [6.07, 6.45) is 0.403. The monoisotopic (exact) mass is 442 g/mol. The molecule has 3 amide bonds. The molecular formula is C22H20F2N4O4. The molecular weight excluding hydrogens is 422 g/mol. The van der Waals surface area contributed by atoms with Gasteiger partial charge in [0.15, 0.2) is 29.2 Å². The lowest BCUT2D eigenvalue weighted by Gasteiger charge is -2.15. The molecule has 0 fully saturated rings. The Hall–Kier alpha value is -4.21. The fourth-order valence-corrected chi connectivity index (χ4v) is 2.49. The van der Waals surface area contributed by atoms with Crippen LogP contribution in [0.2, 0.25) is 0 Å². The van der Waals surface area contributed by atoms with Crippen molar-refractivity contribution in [1.29, 1.82) is 0 Å². The van der Waals surface area contributed by atoms with Crippen molar-refractivity contribution in [1.82, 2.24) is 21.2 Å². The number of nitrogens with one attached hydrogen (secondary N) is 3. The van der Waals surface area contributed by atoms with E-state index in [1.807, 2.05) is 0 Å². The second kappa shape index (κ2) is 10.7. The number of rotatable bonds is 7. The summed E-state index contributed by atoms with van der Waals surface area (Å²) in [5.74, 6) is -1.70. The third-order valence-electron chi connectivity index (χ3n) is 4.11. The topological polar surface area (TPSA) is 102 Å². The first-order valence-electron chi connectivity index (χ1n) is 9.54. The molecule has 3 rings (SSSR count). The number of amides is 3. The molecule has 2 aromatic carbocycles. The highest BCUT2D eigenvalue weighted by Gasteiger charge is 2.17. The maximum Gasteiger partial charge on any atom is 0.333 e. The molecule has 8 nitrogen and oxygen atoms in total. The average molecular weight is 442 g/mol. The van der Waals surface area contributed by atoms with Crippen LogP contribution in [0.1, 0.15) is 12.5 Å². The van der Waals surface area contributed by atoms with E-state index in [4.69, 9.17) is 9.47 Å². The lowest BCUT2D eigenvalue weighted by Crippen LogP contribution is -2.50. The number of aromatic nitrogens is 1. The van der Waals surface area contributed by atoms with Crippen LogP contribution in [0.5, 0.6) is 17.4 Å². The normalized spacial score (nSPS) is 11.2. The maximum absolute atomic E-state index is 13.7. The maximum atomic E-state index is 13.7. The van der Waals surface area contributed by atoms with Crippen molar-refractivity contribution in [2.75, 3.05) is 0 Å². The minimum atomic E-state index is -1.05. The van der Waals surface area contributed by atoms with Gasteiger partial charge in [-0.05, 0) is 42.8 Å². The first-order valence-corrected chi connectivity index (χ1v) is 9.54. The minimum Gasteiger partial charge on any atom is -0.478 e. The number of hydrogen-bond donors (Lipinski definition) is 3. The van der Waals surface area contributed by atoms with Crippen molar-refractivity contribution in [3.8, 4) is 17.4 Å². The van der Waals surface area contributed by atoms with Crippen molar-refractivity contribution in [3.63, 3.8) is 0 Å². The van der Waals surface area contributed by atoms with Crippen molar-refractivity contribution in [2.24, 2.45) is 0 Å². The van der Waals surface area contributed by atoms with Gasteiger partial charge in [0.05, 0.1) is 0 Å². The van der Waals surface area contributed by atoms with Crippen LogP contribution in [-0.4, -0.2) is 23.0 Å². The van der Waals surface area contributed by atoms with Gasteiger partial charge >= 0.3 is 6.03 Å². The number of carbonyl (C=O) groups is 2. The zero-order chi connectivity index (χ0) is 22.9. The van der Waals surface area contributed by atoms with Crippen molar-refractivity contribution in [3.05, 3.63) is 84.1 Å². The number of ether oxygens (including phenoxy) is 2. The van der Waals surface area contributed by atoms with E-state index < -0.39 is 29.7 Å². The summed E-state index contributed by atoms with van der Waals surface area (Å²) in [6.45, 7) is 1.49. The van der Waals surface area contributed by atoms with Gasteiger partial charge in [-0.1, -0.05) is 24.3 Å². The van der Waals surface area contributed by atoms with Gasteiger partial charge in [-0.3, -0.25) is 10.2 Å². The molecule has 0 radical (unpaired) electrons. The smallest absolute Gasteiger partial charge is 0.333 e. The van der Waals surface area contributed by atoms with Gasteiger partial charge in [0.2, 0.25) is 5.88 Å². The van der Waals surface area contributed by atoms with Crippen LogP contribution in [0.25, 0.3) is 0 Å². The Kier molecular flexibility index (Phi) is 7.52. The lowest BCUT2D eigenvalue weighted by molar-refractivity contribution is -0.128. The van der Waals surface area contributed by atoms with E-state index in [-0.39, 0.29) is 23.9 Å². The largest absolute Gasteiger partial charge is 0.478 e. The predicted octanol–water partition coefficient (Wildman–Crippen LogP) is 3.45. The molecule has 0 aliphatic heterocycles. The second-order valence-corrected chi connectivity index (χ2v) is 6.52. The quantitative estimate of drug-likeness (QED) is 0.487. The highest BCUT2D eigenvalue weighted by atomic mass is 19.1. The Bertz CT molecular complexity index is 1100. The van der Waals surface area contributed by atoms with Crippen LogP contribution in [0.4, 0.5) is 13.6 Å². The summed E-state index contributed by atoms with van der Waals surface area (Å²) < 4.78 is 37.9. The zero-order valence-electron chi connectivity index (χ0n) is 17.0. The van der Waals surface area contributed by atoms with Crippen LogP contribution in [0.15, 0.2) is 66.9 Å². The van der Waals surface area contributed by atoms with Crippen LogP contribution in [-0.2, 0) is 11.3 Å². The summed E-state index contributed by atoms with van der Waals surface area (Å²) in [6, 6.07) is 14.0. The first-order chi connectivity index (χ1) is 15.4. The number of hydrogen-bond acceptors (Lipinski definition) is 5. The molecule has 10 heteroatoms. The molecule has 32 heavy (non-hydrogen) atoms. The number of pyridine rings is 1. The third-order valence-corrected chi connectivity index (χ3v) is 4.11. The first kappa shape index (κ1) is 22.5. The summed E-state index contributed by atoms with van der Waals surface area (Å²) in [4.78, 5) is 28.0. The SMILES string of the molecule is CC(Oc1ccccc1F)C(=O)NNC(=O)NCc1ccnc(Oc2ccccc2F)c1. The van der Waals surface area contributed by atoms with E-state index in [0.717, 1.165) is 0 Å². The second-order valence-electron chi connectivity index (χ2n) is 6.52. The van der Waals surface area contributed by atoms with Crippen LogP contribution in [0, 0.1) is 11.6 Å². The van der Waals surface area contributed by atoms with E-state index in [1.54, 1.807) is 24.3 Å². The molecule has 0 saturated heterocycles. The van der Waals surface area contributed by atoms with Gasteiger partial charge in [0, 0.05) is 18.8 Å².